The first kappa shape index (κ1) is 1.51. The number of aromatic hydroxyl groups is 1. The van der Waals surface area contributed by atoms with Crippen molar-refractivity contribution in [3.8, 4) is 5.75 Å². The van der Waals surface area contributed by atoms with Crippen LogP contribution in [0.25, 0.3) is 0 Å². The molecule has 2 nitrogen and oxygen atoms in total. The van der Waals surface area contributed by atoms with Crippen LogP contribution in [-0.4, -0.2) is 10.1 Å². The van der Waals surface area contributed by atoms with Gasteiger partial charge >= 0.3 is 0 Å². The van der Waals surface area contributed by atoms with Crippen LogP contribution >= 0.6 is 0 Å². The number of aromatic nitrogens is 1. The maximum atomic E-state index is 9.62. The molecule has 1 N–H and O–H groups in total. The lowest BCUT2D eigenvalue weighted by molar-refractivity contribution is 0.466. The molecule has 0 radical (unpaired) electrons. The molecule has 48 valence electrons. The highest BCUT2D eigenvalue weighted by Crippen LogP contribution is 2.17. The van der Waals surface area contributed by atoms with Gasteiger partial charge in [-0.25, -0.2) is 0 Å². The van der Waals surface area contributed by atoms with Crippen molar-refractivity contribution in [2.24, 2.45) is 0 Å². The van der Waals surface area contributed by atoms with Crippen LogP contribution < -0.4 is 0 Å². The van der Waals surface area contributed by atoms with Gasteiger partial charge in [0, 0.05) is 31.7 Å². The number of rotatable bonds is 0. The monoisotopic (exact) mass is 131 g/mol. The molecule has 1 aromatic heterocycles. The van der Waals surface area contributed by atoms with E-state index in [-0.39, 0.29) is 0 Å². The first-order chi connectivity index (χ1) is 7.46. The molecule has 0 amide bonds. The average Bonchev–Trinajstić information content (AvgIpc) is 1.94. The van der Waals surface area contributed by atoms with E-state index in [1.165, 1.54) is 0 Å². The Bertz CT molecular complexity index is 410. The fraction of sp³-hybridized carbons (Fsp3) is 0.286. The third-order valence-corrected chi connectivity index (χ3v) is 0.809. The normalized spacial score (nSPS) is 25.3. The first-order valence-electron chi connectivity index (χ1n) is 6.17. The van der Waals surface area contributed by atoms with Crippen molar-refractivity contribution >= 4 is 0 Å². The van der Waals surface area contributed by atoms with Crippen molar-refractivity contribution < 1.29 is 16.1 Å². The van der Waals surface area contributed by atoms with Gasteiger partial charge in [-0.2, -0.15) is 0 Å². The SMILES string of the molecule is [2H]c1nc([2H])c(C([2H])([2H])[2H])c(O)c1C([2H])([2H])[2H]. The topological polar surface area (TPSA) is 33.1 Å². The van der Waals surface area contributed by atoms with Gasteiger partial charge in [0.15, 0.2) is 0 Å². The summed E-state index contributed by atoms with van der Waals surface area (Å²) in [4.78, 5) is 3.22. The molecule has 0 saturated heterocycles. The Morgan fingerprint density at radius 2 is 2.11 bits per heavy atom. The molecule has 0 bridgehead atoms. The number of nitrogens with zero attached hydrogens (tertiary/aromatic N) is 1. The molecule has 1 heterocycles. The van der Waals surface area contributed by atoms with Crippen molar-refractivity contribution in [1.29, 1.82) is 0 Å². The van der Waals surface area contributed by atoms with Crippen molar-refractivity contribution in [2.75, 3.05) is 0 Å². The van der Waals surface area contributed by atoms with Gasteiger partial charge < -0.3 is 5.11 Å². The van der Waals surface area contributed by atoms with Gasteiger partial charge in [0.2, 0.25) is 0 Å². The molecular formula is C7H9NO. The largest absolute Gasteiger partial charge is 0.507 e. The molecule has 1 rings (SSSR count). The molecule has 0 aliphatic rings. The Hall–Kier alpha value is -1.05. The fourth-order valence-corrected chi connectivity index (χ4v) is 0.371. The fourth-order valence-electron chi connectivity index (χ4n) is 0.371. The van der Waals surface area contributed by atoms with Crippen molar-refractivity contribution in [3.05, 3.63) is 23.5 Å². The summed E-state index contributed by atoms with van der Waals surface area (Å²) in [7, 11) is 0. The van der Waals surface area contributed by atoms with Crippen molar-refractivity contribution in [3.63, 3.8) is 0 Å². The van der Waals surface area contributed by atoms with Crippen LogP contribution in [-0.2, 0) is 0 Å². The van der Waals surface area contributed by atoms with E-state index in [0.29, 0.717) is 0 Å². The molecule has 9 heavy (non-hydrogen) atoms. The number of pyridine rings is 1. The van der Waals surface area contributed by atoms with E-state index in [1.54, 1.807) is 0 Å². The van der Waals surface area contributed by atoms with Crippen LogP contribution in [0.1, 0.15) is 22.1 Å². The minimum absolute atomic E-state index is 0.819. The predicted octanol–water partition coefficient (Wildman–Crippen LogP) is 1.40. The third kappa shape index (κ3) is 1.02. The molecule has 0 unspecified atom stereocenters. The lowest BCUT2D eigenvalue weighted by Gasteiger charge is -1.98. The quantitative estimate of drug-likeness (QED) is 0.577. The Morgan fingerprint density at radius 3 is 2.56 bits per heavy atom. The second-order valence-corrected chi connectivity index (χ2v) is 1.43. The van der Waals surface area contributed by atoms with Crippen LogP contribution in [0.4, 0.5) is 0 Å². The van der Waals surface area contributed by atoms with Crippen LogP contribution in [0.2, 0.25) is 0 Å². The number of hydrogen-bond donors (Lipinski definition) is 1. The van der Waals surface area contributed by atoms with Crippen molar-refractivity contribution in [2.45, 2.75) is 13.7 Å². The summed E-state index contributed by atoms with van der Waals surface area (Å²) in [6, 6.07) is 0. The van der Waals surface area contributed by atoms with E-state index in [4.69, 9.17) is 11.0 Å². The predicted molar refractivity (Wildman–Crippen MR) is 35.4 cm³/mol. The second kappa shape index (κ2) is 2.05. The summed E-state index contributed by atoms with van der Waals surface area (Å²) in [6.45, 7) is -5.72. The molecule has 0 fully saturated rings. The third-order valence-electron chi connectivity index (χ3n) is 0.809. The van der Waals surface area contributed by atoms with E-state index in [2.05, 4.69) is 4.98 Å². The average molecular weight is 131 g/mol. The summed E-state index contributed by atoms with van der Waals surface area (Å²) in [5.74, 6) is -1.07. The van der Waals surface area contributed by atoms with Gasteiger partial charge in [0.05, 0.1) is 2.74 Å². The lowest BCUT2D eigenvalue weighted by Crippen LogP contribution is -1.81. The van der Waals surface area contributed by atoms with Gasteiger partial charge in [0.1, 0.15) is 5.75 Å². The molecule has 0 aliphatic carbocycles. The molecule has 0 saturated carbocycles. The van der Waals surface area contributed by atoms with Gasteiger partial charge in [-0.1, -0.05) is 0 Å². The van der Waals surface area contributed by atoms with E-state index in [9.17, 15) is 5.11 Å². The second-order valence-electron chi connectivity index (χ2n) is 1.43. The standard InChI is InChI=1S/C7H9NO/c1-5-3-8-4-6(2)7(5)9/h3-4H,1-2H3,(H,8,9)/i1D3,2D3,3D,4D. The van der Waals surface area contributed by atoms with E-state index in [0.717, 1.165) is 0 Å². The van der Waals surface area contributed by atoms with E-state index >= 15 is 0 Å². The Morgan fingerprint density at radius 1 is 1.56 bits per heavy atom. The molecule has 0 spiro atoms. The molecule has 2 heteroatoms. The first-order valence-corrected chi connectivity index (χ1v) is 2.17. The summed E-state index contributed by atoms with van der Waals surface area (Å²) < 4.78 is 57.1. The van der Waals surface area contributed by atoms with Gasteiger partial charge in [0.25, 0.3) is 0 Å². The number of hydrogen-bond acceptors (Lipinski definition) is 2. The molecule has 0 atom stereocenters. The van der Waals surface area contributed by atoms with Crippen molar-refractivity contribution in [1.82, 2.24) is 4.98 Å². The van der Waals surface area contributed by atoms with Gasteiger partial charge in [-0.15, -0.1) is 0 Å². The Labute approximate surface area is 65.4 Å². The molecule has 0 aromatic carbocycles. The molecule has 1 aromatic rings. The van der Waals surface area contributed by atoms with Gasteiger partial charge in [-0.05, 0) is 13.7 Å². The zero-order chi connectivity index (χ0) is 13.6. The van der Waals surface area contributed by atoms with Crippen LogP contribution in [0.15, 0.2) is 12.3 Å². The zero-order valence-electron chi connectivity index (χ0n) is 12.4. The summed E-state index contributed by atoms with van der Waals surface area (Å²) >= 11 is 0. The van der Waals surface area contributed by atoms with Gasteiger partial charge in [-0.3, -0.25) is 4.98 Å². The lowest BCUT2D eigenvalue weighted by atomic mass is 10.2. The Balaban J connectivity index is 3.67. The highest BCUT2D eigenvalue weighted by Gasteiger charge is 1.96. The van der Waals surface area contributed by atoms with Crippen LogP contribution in [0.3, 0.4) is 0 Å². The summed E-state index contributed by atoms with van der Waals surface area (Å²) in [5.41, 5.74) is -1.70. The minimum atomic E-state index is -2.86. The van der Waals surface area contributed by atoms with Crippen LogP contribution in [0, 0.1) is 13.7 Å². The highest BCUT2D eigenvalue weighted by molar-refractivity contribution is 5.34. The van der Waals surface area contributed by atoms with E-state index in [1.807, 2.05) is 0 Å². The minimum Gasteiger partial charge on any atom is -0.507 e. The maximum absolute atomic E-state index is 9.62. The highest BCUT2D eigenvalue weighted by atomic mass is 16.3. The zero-order valence-corrected chi connectivity index (χ0v) is 4.39. The summed E-state index contributed by atoms with van der Waals surface area (Å²) in [5, 5.41) is 9.62. The Kier molecular flexibility index (Phi) is 0.344. The van der Waals surface area contributed by atoms with E-state index < -0.39 is 42.9 Å². The molecule has 0 aliphatic heterocycles. The maximum Gasteiger partial charge on any atom is 0.124 e. The summed E-state index contributed by atoms with van der Waals surface area (Å²) in [6.07, 6.45) is -1.64. The van der Waals surface area contributed by atoms with Crippen LogP contribution in [0.5, 0.6) is 5.75 Å². The smallest absolute Gasteiger partial charge is 0.124 e. The molecular weight excluding hydrogens is 114 g/mol.